The molecule has 1 amide bonds. The van der Waals surface area contributed by atoms with Gasteiger partial charge in [0.15, 0.2) is 0 Å². The van der Waals surface area contributed by atoms with Gasteiger partial charge in [-0.1, -0.05) is 23.2 Å². The second-order valence-corrected chi connectivity index (χ2v) is 5.52. The van der Waals surface area contributed by atoms with Gasteiger partial charge in [0.1, 0.15) is 23.1 Å². The van der Waals surface area contributed by atoms with Gasteiger partial charge >= 0.3 is 0 Å². The van der Waals surface area contributed by atoms with E-state index in [1.807, 2.05) is 0 Å². The van der Waals surface area contributed by atoms with Crippen LogP contribution in [0.25, 0.3) is 6.08 Å². The molecule has 0 heterocycles. The molecule has 0 radical (unpaired) electrons. The molecule has 0 aromatic heterocycles. The number of carbonyl (C=O) groups is 1. The molecular weight excluding hydrogens is 351 g/mol. The van der Waals surface area contributed by atoms with Crippen LogP contribution in [0.1, 0.15) is 5.56 Å². The van der Waals surface area contributed by atoms with Crippen molar-refractivity contribution in [2.24, 2.45) is 0 Å². The minimum atomic E-state index is -0.663. The van der Waals surface area contributed by atoms with Crippen molar-refractivity contribution in [2.45, 2.75) is 0 Å². The largest absolute Gasteiger partial charge is 0.507 e. The Hall–Kier alpha value is -2.68. The Labute approximate surface area is 148 Å². The van der Waals surface area contributed by atoms with Gasteiger partial charge in [0, 0.05) is 10.6 Å². The molecule has 5 nitrogen and oxygen atoms in total. The lowest BCUT2D eigenvalue weighted by molar-refractivity contribution is -0.112. The number of phenols is 1. The maximum absolute atomic E-state index is 12.2. The average Bonchev–Trinajstić information content (AvgIpc) is 2.56. The molecule has 0 bridgehead atoms. The van der Waals surface area contributed by atoms with E-state index < -0.39 is 5.91 Å². The zero-order chi connectivity index (χ0) is 17.7. The number of ether oxygens (including phenoxy) is 1. The van der Waals surface area contributed by atoms with Gasteiger partial charge in [-0.15, -0.1) is 0 Å². The van der Waals surface area contributed by atoms with Gasteiger partial charge < -0.3 is 15.2 Å². The number of rotatable bonds is 4. The fourth-order valence-electron chi connectivity index (χ4n) is 1.86. The van der Waals surface area contributed by atoms with E-state index in [4.69, 9.17) is 27.9 Å². The van der Waals surface area contributed by atoms with Crippen LogP contribution in [0, 0.1) is 11.3 Å². The number of halogens is 2. The van der Waals surface area contributed by atoms with Crippen molar-refractivity contribution in [1.29, 1.82) is 5.26 Å². The SMILES string of the molecule is COc1ccc(O)c(/C=C(/C#N)C(=O)Nc2ccc(Cl)cc2Cl)c1. The number of nitriles is 1. The molecular formula is C17H12Cl2N2O3. The first-order valence-electron chi connectivity index (χ1n) is 6.70. The standard InChI is InChI=1S/C17H12Cl2N2O3/c1-24-13-3-5-16(22)10(7-13)6-11(9-20)17(23)21-15-4-2-12(18)8-14(15)19/h2-8,22H,1H3,(H,21,23)/b11-6-. The first-order chi connectivity index (χ1) is 11.4. The van der Waals surface area contributed by atoms with Crippen LogP contribution in [0.15, 0.2) is 42.0 Å². The molecule has 2 rings (SSSR count). The zero-order valence-electron chi connectivity index (χ0n) is 12.5. The molecule has 0 unspecified atom stereocenters. The molecule has 0 aliphatic heterocycles. The molecule has 0 saturated carbocycles. The third-order valence-electron chi connectivity index (χ3n) is 3.08. The minimum Gasteiger partial charge on any atom is -0.507 e. The van der Waals surface area contributed by atoms with Gasteiger partial charge in [0.25, 0.3) is 5.91 Å². The molecule has 0 atom stereocenters. The summed E-state index contributed by atoms with van der Waals surface area (Å²) in [4.78, 5) is 12.2. The van der Waals surface area contributed by atoms with Crippen LogP contribution in [0.3, 0.4) is 0 Å². The van der Waals surface area contributed by atoms with Crippen molar-refractivity contribution in [1.82, 2.24) is 0 Å². The number of amides is 1. The molecule has 122 valence electrons. The number of nitrogens with zero attached hydrogens (tertiary/aromatic N) is 1. The molecule has 7 heteroatoms. The Kier molecular flexibility index (Phi) is 5.69. The predicted octanol–water partition coefficient (Wildman–Crippen LogP) is 4.25. The van der Waals surface area contributed by atoms with E-state index in [0.29, 0.717) is 16.5 Å². The number of methoxy groups -OCH3 is 1. The van der Waals surface area contributed by atoms with Crippen LogP contribution in [0.4, 0.5) is 5.69 Å². The zero-order valence-corrected chi connectivity index (χ0v) is 14.0. The van der Waals surface area contributed by atoms with Crippen molar-refractivity contribution in [3.05, 3.63) is 57.6 Å². The molecule has 24 heavy (non-hydrogen) atoms. The molecule has 0 fully saturated rings. The van der Waals surface area contributed by atoms with Crippen molar-refractivity contribution < 1.29 is 14.6 Å². The highest BCUT2D eigenvalue weighted by Gasteiger charge is 2.13. The summed E-state index contributed by atoms with van der Waals surface area (Å²) in [6.07, 6.45) is 1.26. The van der Waals surface area contributed by atoms with Crippen LogP contribution in [-0.4, -0.2) is 18.1 Å². The second kappa shape index (κ2) is 7.73. The molecule has 0 spiro atoms. The van der Waals surface area contributed by atoms with E-state index in [1.54, 1.807) is 18.2 Å². The van der Waals surface area contributed by atoms with E-state index >= 15 is 0 Å². The van der Waals surface area contributed by atoms with Gasteiger partial charge in [-0.25, -0.2) is 0 Å². The van der Waals surface area contributed by atoms with Gasteiger partial charge in [-0.05, 0) is 42.5 Å². The maximum atomic E-state index is 12.2. The summed E-state index contributed by atoms with van der Waals surface area (Å²) >= 11 is 11.8. The highest BCUT2D eigenvalue weighted by atomic mass is 35.5. The Bertz CT molecular complexity index is 857. The Morgan fingerprint density at radius 2 is 2.04 bits per heavy atom. The number of nitrogens with one attached hydrogen (secondary N) is 1. The Balaban J connectivity index is 2.31. The van der Waals surface area contributed by atoms with Crippen LogP contribution in [0.5, 0.6) is 11.5 Å². The van der Waals surface area contributed by atoms with Crippen LogP contribution in [0.2, 0.25) is 10.0 Å². The number of hydrogen-bond acceptors (Lipinski definition) is 4. The summed E-state index contributed by atoms with van der Waals surface area (Å²) < 4.78 is 5.05. The maximum Gasteiger partial charge on any atom is 0.266 e. The van der Waals surface area contributed by atoms with Crippen LogP contribution < -0.4 is 10.1 Å². The number of carbonyl (C=O) groups excluding carboxylic acids is 1. The Morgan fingerprint density at radius 1 is 1.29 bits per heavy atom. The summed E-state index contributed by atoms with van der Waals surface area (Å²) in [6.45, 7) is 0. The van der Waals surface area contributed by atoms with Crippen molar-refractivity contribution in [3.63, 3.8) is 0 Å². The van der Waals surface area contributed by atoms with E-state index in [0.717, 1.165) is 0 Å². The first kappa shape index (κ1) is 17.7. The van der Waals surface area contributed by atoms with Crippen LogP contribution >= 0.6 is 23.2 Å². The lowest BCUT2D eigenvalue weighted by atomic mass is 10.1. The van der Waals surface area contributed by atoms with Gasteiger partial charge in [0.2, 0.25) is 0 Å². The minimum absolute atomic E-state index is 0.0825. The summed E-state index contributed by atoms with van der Waals surface area (Å²) in [7, 11) is 1.47. The highest BCUT2D eigenvalue weighted by Crippen LogP contribution is 2.27. The van der Waals surface area contributed by atoms with Gasteiger partial charge in [0.05, 0.1) is 17.8 Å². The van der Waals surface area contributed by atoms with Crippen molar-refractivity contribution >= 4 is 40.9 Å². The van der Waals surface area contributed by atoms with Crippen LogP contribution in [-0.2, 0) is 4.79 Å². The monoisotopic (exact) mass is 362 g/mol. The van der Waals surface area contributed by atoms with E-state index in [-0.39, 0.29) is 21.9 Å². The molecule has 2 N–H and O–H groups in total. The quantitative estimate of drug-likeness (QED) is 0.628. The van der Waals surface area contributed by atoms with Crippen molar-refractivity contribution in [3.8, 4) is 17.6 Å². The molecule has 0 aliphatic rings. The summed E-state index contributed by atoms with van der Waals surface area (Å²) in [6, 6.07) is 10.8. The lowest BCUT2D eigenvalue weighted by Crippen LogP contribution is -2.13. The predicted molar refractivity (Wildman–Crippen MR) is 93.3 cm³/mol. The molecule has 0 aliphatic carbocycles. The normalized spacial score (nSPS) is 10.8. The molecule has 0 saturated heterocycles. The van der Waals surface area contributed by atoms with E-state index in [1.165, 1.54) is 37.5 Å². The number of aromatic hydroxyl groups is 1. The fraction of sp³-hybridized carbons (Fsp3) is 0.0588. The van der Waals surface area contributed by atoms with Crippen molar-refractivity contribution in [2.75, 3.05) is 12.4 Å². The number of anilines is 1. The number of phenolic OH excluding ortho intramolecular Hbond substituents is 1. The smallest absolute Gasteiger partial charge is 0.266 e. The van der Waals surface area contributed by atoms with E-state index in [9.17, 15) is 15.2 Å². The lowest BCUT2D eigenvalue weighted by Gasteiger charge is -2.07. The fourth-order valence-corrected chi connectivity index (χ4v) is 2.32. The summed E-state index contributed by atoms with van der Waals surface area (Å²) in [5.74, 6) is -0.262. The third-order valence-corrected chi connectivity index (χ3v) is 3.63. The van der Waals surface area contributed by atoms with Gasteiger partial charge in [-0.2, -0.15) is 5.26 Å². The highest BCUT2D eigenvalue weighted by molar-refractivity contribution is 6.36. The van der Waals surface area contributed by atoms with E-state index in [2.05, 4.69) is 5.32 Å². The molecule has 2 aromatic carbocycles. The third kappa shape index (κ3) is 4.19. The summed E-state index contributed by atoms with van der Waals surface area (Å²) in [5.41, 5.74) is 0.398. The first-order valence-corrected chi connectivity index (χ1v) is 7.45. The average molecular weight is 363 g/mol. The molecule has 2 aromatic rings. The Morgan fingerprint density at radius 3 is 2.67 bits per heavy atom. The number of benzene rings is 2. The van der Waals surface area contributed by atoms with Gasteiger partial charge in [-0.3, -0.25) is 4.79 Å². The summed E-state index contributed by atoms with van der Waals surface area (Å²) in [5, 5.41) is 22.3. The number of hydrogen-bond donors (Lipinski definition) is 2. The second-order valence-electron chi connectivity index (χ2n) is 4.67. The topological polar surface area (TPSA) is 82.3 Å².